The SMILES string of the molecule is CCCOc1cc(C)ccc1NCc1cccc(C)c1. The van der Waals surface area contributed by atoms with Crippen LogP contribution in [0.3, 0.4) is 0 Å². The van der Waals surface area contributed by atoms with Crippen LogP contribution in [0.2, 0.25) is 0 Å². The van der Waals surface area contributed by atoms with Gasteiger partial charge in [0, 0.05) is 6.54 Å². The molecule has 0 amide bonds. The van der Waals surface area contributed by atoms with E-state index in [0.717, 1.165) is 31.0 Å². The maximum Gasteiger partial charge on any atom is 0.142 e. The third-order valence-electron chi connectivity index (χ3n) is 3.16. The molecule has 0 unspecified atom stereocenters. The summed E-state index contributed by atoms with van der Waals surface area (Å²) in [4.78, 5) is 0. The largest absolute Gasteiger partial charge is 0.491 e. The third-order valence-corrected chi connectivity index (χ3v) is 3.16. The quantitative estimate of drug-likeness (QED) is 0.820. The second-order valence-electron chi connectivity index (χ2n) is 5.19. The average molecular weight is 269 g/mol. The predicted molar refractivity (Wildman–Crippen MR) is 85.5 cm³/mol. The first-order valence-electron chi connectivity index (χ1n) is 7.22. The molecule has 0 aromatic heterocycles. The molecule has 0 saturated carbocycles. The van der Waals surface area contributed by atoms with Crippen LogP contribution in [0.5, 0.6) is 5.75 Å². The molecular weight excluding hydrogens is 246 g/mol. The number of aryl methyl sites for hydroxylation is 2. The monoisotopic (exact) mass is 269 g/mol. The van der Waals surface area contributed by atoms with Crippen molar-refractivity contribution < 1.29 is 4.74 Å². The van der Waals surface area contributed by atoms with Gasteiger partial charge in [-0.1, -0.05) is 42.8 Å². The van der Waals surface area contributed by atoms with Gasteiger partial charge in [0.05, 0.1) is 12.3 Å². The Balaban J connectivity index is 2.08. The summed E-state index contributed by atoms with van der Waals surface area (Å²) in [7, 11) is 0. The van der Waals surface area contributed by atoms with Crippen LogP contribution in [0.4, 0.5) is 5.69 Å². The van der Waals surface area contributed by atoms with E-state index in [0.29, 0.717) is 0 Å². The molecule has 106 valence electrons. The lowest BCUT2D eigenvalue weighted by molar-refractivity contribution is 0.318. The number of benzene rings is 2. The van der Waals surface area contributed by atoms with Gasteiger partial charge in [-0.15, -0.1) is 0 Å². The van der Waals surface area contributed by atoms with Crippen molar-refractivity contribution in [1.82, 2.24) is 0 Å². The zero-order chi connectivity index (χ0) is 14.4. The van der Waals surface area contributed by atoms with E-state index in [1.54, 1.807) is 0 Å². The highest BCUT2D eigenvalue weighted by Crippen LogP contribution is 2.26. The van der Waals surface area contributed by atoms with Crippen molar-refractivity contribution in [2.45, 2.75) is 33.7 Å². The van der Waals surface area contributed by atoms with E-state index in [2.05, 4.69) is 68.6 Å². The molecule has 20 heavy (non-hydrogen) atoms. The van der Waals surface area contributed by atoms with Crippen molar-refractivity contribution in [3.63, 3.8) is 0 Å². The van der Waals surface area contributed by atoms with Gasteiger partial charge in [-0.2, -0.15) is 0 Å². The Hall–Kier alpha value is -1.96. The fourth-order valence-electron chi connectivity index (χ4n) is 2.13. The van der Waals surface area contributed by atoms with Crippen LogP contribution in [-0.4, -0.2) is 6.61 Å². The van der Waals surface area contributed by atoms with Crippen molar-refractivity contribution >= 4 is 5.69 Å². The van der Waals surface area contributed by atoms with Crippen LogP contribution in [0.1, 0.15) is 30.0 Å². The lowest BCUT2D eigenvalue weighted by atomic mass is 10.1. The summed E-state index contributed by atoms with van der Waals surface area (Å²) in [6.07, 6.45) is 1.02. The number of hydrogen-bond donors (Lipinski definition) is 1. The van der Waals surface area contributed by atoms with Crippen LogP contribution < -0.4 is 10.1 Å². The maximum absolute atomic E-state index is 5.82. The van der Waals surface area contributed by atoms with Crippen molar-refractivity contribution in [3.8, 4) is 5.75 Å². The van der Waals surface area contributed by atoms with E-state index in [4.69, 9.17) is 4.74 Å². The number of nitrogens with one attached hydrogen (secondary N) is 1. The topological polar surface area (TPSA) is 21.3 Å². The highest BCUT2D eigenvalue weighted by molar-refractivity contribution is 5.58. The summed E-state index contributed by atoms with van der Waals surface area (Å²) in [6, 6.07) is 14.8. The second kappa shape index (κ2) is 6.99. The molecule has 0 bridgehead atoms. The Kier molecular flexibility index (Phi) is 5.05. The normalized spacial score (nSPS) is 10.3. The molecule has 0 heterocycles. The molecule has 2 aromatic rings. The Labute approximate surface area is 121 Å². The Morgan fingerprint density at radius 2 is 1.80 bits per heavy atom. The second-order valence-corrected chi connectivity index (χ2v) is 5.19. The first-order valence-corrected chi connectivity index (χ1v) is 7.22. The van der Waals surface area contributed by atoms with Crippen molar-refractivity contribution in [3.05, 3.63) is 59.2 Å². The fourth-order valence-corrected chi connectivity index (χ4v) is 2.13. The third kappa shape index (κ3) is 4.02. The Morgan fingerprint density at radius 3 is 2.55 bits per heavy atom. The van der Waals surface area contributed by atoms with Gasteiger partial charge in [0.1, 0.15) is 5.75 Å². The van der Waals surface area contributed by atoms with Gasteiger partial charge in [-0.3, -0.25) is 0 Å². The highest BCUT2D eigenvalue weighted by Gasteiger charge is 2.04. The molecule has 0 aliphatic carbocycles. The Bertz CT molecular complexity index is 563. The minimum Gasteiger partial charge on any atom is -0.491 e. The van der Waals surface area contributed by atoms with Crippen LogP contribution in [0.15, 0.2) is 42.5 Å². The zero-order valence-corrected chi connectivity index (χ0v) is 12.6. The molecule has 0 fully saturated rings. The summed E-state index contributed by atoms with van der Waals surface area (Å²) in [5.74, 6) is 0.944. The van der Waals surface area contributed by atoms with Crippen LogP contribution in [0, 0.1) is 13.8 Å². The lowest BCUT2D eigenvalue weighted by Gasteiger charge is -2.14. The number of rotatable bonds is 6. The molecule has 2 nitrogen and oxygen atoms in total. The van der Waals surface area contributed by atoms with Crippen molar-refractivity contribution in [2.24, 2.45) is 0 Å². The number of anilines is 1. The zero-order valence-electron chi connectivity index (χ0n) is 12.6. The highest BCUT2D eigenvalue weighted by atomic mass is 16.5. The van der Waals surface area contributed by atoms with E-state index >= 15 is 0 Å². The summed E-state index contributed by atoms with van der Waals surface area (Å²) in [6.45, 7) is 7.89. The predicted octanol–water partition coefficient (Wildman–Crippen LogP) is 4.70. The van der Waals surface area contributed by atoms with E-state index in [1.165, 1.54) is 16.7 Å². The minimum absolute atomic E-state index is 0.753. The van der Waals surface area contributed by atoms with E-state index in [1.807, 2.05) is 0 Å². The van der Waals surface area contributed by atoms with Crippen molar-refractivity contribution in [1.29, 1.82) is 0 Å². The molecule has 0 atom stereocenters. The smallest absolute Gasteiger partial charge is 0.142 e. The molecule has 2 aromatic carbocycles. The van der Waals surface area contributed by atoms with Crippen LogP contribution >= 0.6 is 0 Å². The summed E-state index contributed by atoms with van der Waals surface area (Å²) in [5, 5.41) is 3.47. The van der Waals surface area contributed by atoms with Gasteiger partial charge in [-0.25, -0.2) is 0 Å². The minimum atomic E-state index is 0.753. The molecule has 0 radical (unpaired) electrons. The average Bonchev–Trinajstić information content (AvgIpc) is 2.44. The molecule has 2 rings (SSSR count). The molecule has 0 aliphatic heterocycles. The van der Waals surface area contributed by atoms with Crippen LogP contribution in [-0.2, 0) is 6.54 Å². The fraction of sp³-hybridized carbons (Fsp3) is 0.333. The first kappa shape index (κ1) is 14.4. The molecule has 0 aliphatic rings. The maximum atomic E-state index is 5.82. The molecule has 0 saturated heterocycles. The van der Waals surface area contributed by atoms with Gasteiger partial charge in [0.25, 0.3) is 0 Å². The summed E-state index contributed by atoms with van der Waals surface area (Å²) >= 11 is 0. The first-order chi connectivity index (χ1) is 9.69. The van der Waals surface area contributed by atoms with Gasteiger partial charge in [0.2, 0.25) is 0 Å². The van der Waals surface area contributed by atoms with E-state index in [9.17, 15) is 0 Å². The van der Waals surface area contributed by atoms with Gasteiger partial charge >= 0.3 is 0 Å². The van der Waals surface area contributed by atoms with Gasteiger partial charge < -0.3 is 10.1 Å². The van der Waals surface area contributed by atoms with Gasteiger partial charge in [-0.05, 0) is 43.5 Å². The van der Waals surface area contributed by atoms with E-state index in [-0.39, 0.29) is 0 Å². The number of hydrogen-bond acceptors (Lipinski definition) is 2. The number of ether oxygens (including phenoxy) is 1. The molecule has 0 spiro atoms. The van der Waals surface area contributed by atoms with Crippen LogP contribution in [0.25, 0.3) is 0 Å². The van der Waals surface area contributed by atoms with E-state index < -0.39 is 0 Å². The van der Waals surface area contributed by atoms with Gasteiger partial charge in [0.15, 0.2) is 0 Å². The van der Waals surface area contributed by atoms with Crippen molar-refractivity contribution in [2.75, 3.05) is 11.9 Å². The molecular formula is C18H23NO. The molecule has 1 N–H and O–H groups in total. The standard InChI is InChI=1S/C18H23NO/c1-4-10-20-18-12-15(3)8-9-17(18)19-13-16-7-5-6-14(2)11-16/h5-9,11-12,19H,4,10,13H2,1-3H3. The Morgan fingerprint density at radius 1 is 1.00 bits per heavy atom. The lowest BCUT2D eigenvalue weighted by Crippen LogP contribution is -2.04. The summed E-state index contributed by atoms with van der Waals surface area (Å²) < 4.78 is 5.82. The summed E-state index contributed by atoms with van der Waals surface area (Å²) in [5.41, 5.74) is 4.85. The molecule has 2 heteroatoms.